The van der Waals surface area contributed by atoms with Crippen LogP contribution in [0.15, 0.2) is 12.1 Å². The predicted octanol–water partition coefficient (Wildman–Crippen LogP) is 3.17. The molecule has 0 bridgehead atoms. The lowest BCUT2D eigenvalue weighted by atomic mass is 9.75. The first-order valence-corrected chi connectivity index (χ1v) is 15.4. The molecule has 1 saturated heterocycles. The first kappa shape index (κ1) is 32.6. The van der Waals surface area contributed by atoms with E-state index in [1.165, 1.54) is 17.7 Å². The van der Waals surface area contributed by atoms with Gasteiger partial charge in [-0.15, -0.1) is 0 Å². The van der Waals surface area contributed by atoms with Crippen molar-refractivity contribution in [2.45, 2.75) is 84.2 Å². The Labute approximate surface area is 261 Å². The van der Waals surface area contributed by atoms with Crippen molar-refractivity contribution in [3.05, 3.63) is 40.5 Å². The van der Waals surface area contributed by atoms with E-state index in [9.17, 15) is 19.2 Å². The van der Waals surface area contributed by atoms with E-state index >= 15 is 4.39 Å². The van der Waals surface area contributed by atoms with Crippen molar-refractivity contribution in [3.63, 3.8) is 0 Å². The average molecular weight is 628 g/mol. The highest BCUT2D eigenvalue weighted by Crippen LogP contribution is 2.41. The molecule has 1 aliphatic heterocycles. The Morgan fingerprint density at radius 3 is 2.62 bits per heavy atom. The number of anilines is 1. The average Bonchev–Trinajstić information content (AvgIpc) is 3.51. The fourth-order valence-electron chi connectivity index (χ4n) is 6.17. The summed E-state index contributed by atoms with van der Waals surface area (Å²) in [4.78, 5) is 51.5. The Balaban J connectivity index is 1.35. The summed E-state index contributed by atoms with van der Waals surface area (Å²) in [5.74, 6) is -2.10. The molecule has 13 heteroatoms. The maximum Gasteiger partial charge on any atom is 0.311 e. The first-order valence-electron chi connectivity index (χ1n) is 15.4. The minimum atomic E-state index is -0.874. The molecule has 2 fully saturated rings. The van der Waals surface area contributed by atoms with E-state index in [1.54, 1.807) is 19.0 Å². The number of likely N-dealkylation sites (N-methyl/N-ethyl adjacent to an activating group) is 1. The van der Waals surface area contributed by atoms with E-state index < -0.39 is 42.1 Å². The Kier molecular flexibility index (Phi) is 9.31. The number of nitrogens with one attached hydrogen (secondary N) is 1. The molecular formula is C32H42FN5O7. The third-order valence-electron chi connectivity index (χ3n) is 8.26. The number of amides is 1. The van der Waals surface area contributed by atoms with E-state index in [2.05, 4.69) is 5.32 Å². The van der Waals surface area contributed by atoms with Gasteiger partial charge in [-0.1, -0.05) is 13.8 Å². The molecule has 3 atom stereocenters. The second kappa shape index (κ2) is 12.9. The summed E-state index contributed by atoms with van der Waals surface area (Å²) in [5.41, 5.74) is 7.58. The number of ether oxygens (including phenoxy) is 3. The number of benzene rings is 1. The minimum Gasteiger partial charge on any atom is -0.461 e. The number of esters is 2. The zero-order chi connectivity index (χ0) is 32.6. The maximum atomic E-state index is 15.7. The van der Waals surface area contributed by atoms with Crippen molar-refractivity contribution in [1.82, 2.24) is 14.7 Å². The number of nitrogens with zero attached hydrogens (tertiary/aromatic N) is 3. The van der Waals surface area contributed by atoms with Gasteiger partial charge in [0.1, 0.15) is 17.6 Å². The van der Waals surface area contributed by atoms with Gasteiger partial charge < -0.3 is 30.2 Å². The van der Waals surface area contributed by atoms with E-state index in [0.29, 0.717) is 48.7 Å². The summed E-state index contributed by atoms with van der Waals surface area (Å²) < 4.78 is 33.6. The smallest absolute Gasteiger partial charge is 0.311 e. The molecular weight excluding hydrogens is 585 g/mol. The van der Waals surface area contributed by atoms with E-state index in [0.717, 1.165) is 18.9 Å². The number of rotatable bonds is 12. The number of primary amides is 1. The van der Waals surface area contributed by atoms with Crippen molar-refractivity contribution in [3.8, 4) is 5.69 Å². The Hall–Kier alpha value is -3.84. The molecule has 1 saturated carbocycles. The third kappa shape index (κ3) is 7.88. The summed E-state index contributed by atoms with van der Waals surface area (Å²) in [6, 6.07) is 2.17. The van der Waals surface area contributed by atoms with Gasteiger partial charge in [-0.25, -0.2) is 9.07 Å². The second-order valence-corrected chi connectivity index (χ2v) is 13.5. The quantitative estimate of drug-likeness (QED) is 0.335. The summed E-state index contributed by atoms with van der Waals surface area (Å²) in [5, 5.41) is 7.98. The molecule has 45 heavy (non-hydrogen) atoms. The lowest BCUT2D eigenvalue weighted by Crippen LogP contribution is -2.33. The Bertz CT molecular complexity index is 1500. The van der Waals surface area contributed by atoms with Gasteiger partial charge in [0, 0.05) is 32.0 Å². The number of Topliss-reactive ketones (excluding diaryl/α,β-unsaturated/α-hetero) is 1. The summed E-state index contributed by atoms with van der Waals surface area (Å²) >= 11 is 0. The van der Waals surface area contributed by atoms with Crippen molar-refractivity contribution in [1.29, 1.82) is 0 Å². The number of fused-ring (bicyclic) bond motifs is 1. The molecule has 244 valence electrons. The highest BCUT2D eigenvalue weighted by atomic mass is 19.1. The van der Waals surface area contributed by atoms with Crippen LogP contribution < -0.4 is 11.1 Å². The Morgan fingerprint density at radius 1 is 1.24 bits per heavy atom. The van der Waals surface area contributed by atoms with E-state index in [1.807, 2.05) is 13.8 Å². The van der Waals surface area contributed by atoms with Crippen LogP contribution in [-0.2, 0) is 36.6 Å². The van der Waals surface area contributed by atoms with E-state index in [-0.39, 0.29) is 47.6 Å². The van der Waals surface area contributed by atoms with Crippen LogP contribution in [0.5, 0.6) is 0 Å². The van der Waals surface area contributed by atoms with Crippen LogP contribution in [0.1, 0.15) is 85.0 Å². The topological polar surface area (TPSA) is 155 Å². The van der Waals surface area contributed by atoms with Crippen molar-refractivity contribution < 1.29 is 37.8 Å². The van der Waals surface area contributed by atoms with Gasteiger partial charge in [-0.05, 0) is 63.2 Å². The Morgan fingerprint density at radius 2 is 1.98 bits per heavy atom. The lowest BCUT2D eigenvalue weighted by molar-refractivity contribution is -0.173. The van der Waals surface area contributed by atoms with Crippen LogP contribution in [0, 0.1) is 17.2 Å². The fourth-order valence-corrected chi connectivity index (χ4v) is 6.17. The molecule has 0 spiro atoms. The second-order valence-electron chi connectivity index (χ2n) is 13.5. The number of nitrogens with two attached hydrogens (primary N) is 1. The van der Waals surface area contributed by atoms with Crippen molar-refractivity contribution in [2.24, 2.45) is 17.1 Å². The molecule has 5 rings (SSSR count). The largest absolute Gasteiger partial charge is 0.461 e. The number of ketones is 1. The number of aromatic nitrogens is 2. The standard InChI is InChI=1S/C32H42FN5O7/c1-17(39)44-20(15-37(4)5)10-28(41)45-29-9-19(16-43-29)35-23-12-25(22(33)11-21(23)31(34)42)38-26-13-32(2,3)14-27(40)30(26)24(36-38)8-18-6-7-18/h11-12,18-20,29,35H,6-10,13-16H2,1-5H3,(H2,34,42). The van der Waals surface area contributed by atoms with Crippen LogP contribution in [0.3, 0.4) is 0 Å². The van der Waals surface area contributed by atoms with Crippen LogP contribution in [0.4, 0.5) is 10.1 Å². The number of hydrogen-bond acceptors (Lipinski definition) is 10. The van der Waals surface area contributed by atoms with Gasteiger partial charge in [-0.3, -0.25) is 19.2 Å². The molecule has 2 aliphatic carbocycles. The fraction of sp³-hybridized carbons (Fsp3) is 0.594. The zero-order valence-electron chi connectivity index (χ0n) is 26.5. The van der Waals surface area contributed by atoms with Crippen LogP contribution in [0.2, 0.25) is 0 Å². The van der Waals surface area contributed by atoms with Gasteiger partial charge >= 0.3 is 11.9 Å². The molecule has 1 aromatic heterocycles. The molecule has 0 radical (unpaired) electrons. The summed E-state index contributed by atoms with van der Waals surface area (Å²) in [6.07, 6.45) is 2.33. The van der Waals surface area contributed by atoms with Gasteiger partial charge in [0.25, 0.3) is 5.91 Å². The highest BCUT2D eigenvalue weighted by molar-refractivity contribution is 6.00. The molecule has 12 nitrogen and oxygen atoms in total. The number of halogens is 1. The van der Waals surface area contributed by atoms with Gasteiger partial charge in [-0.2, -0.15) is 5.10 Å². The number of hydrogen-bond donors (Lipinski definition) is 2. The number of carbonyl (C=O) groups excluding carboxylic acids is 4. The lowest BCUT2D eigenvalue weighted by Gasteiger charge is -2.29. The molecule has 2 heterocycles. The third-order valence-corrected chi connectivity index (χ3v) is 8.26. The molecule has 2 aromatic rings. The highest BCUT2D eigenvalue weighted by Gasteiger charge is 2.39. The minimum absolute atomic E-state index is 0.0141. The summed E-state index contributed by atoms with van der Waals surface area (Å²) in [6.45, 7) is 5.78. The first-order chi connectivity index (χ1) is 21.2. The molecule has 1 aromatic carbocycles. The molecule has 3 unspecified atom stereocenters. The van der Waals surface area contributed by atoms with E-state index in [4.69, 9.17) is 25.0 Å². The van der Waals surface area contributed by atoms with Crippen LogP contribution in [-0.4, -0.2) is 84.0 Å². The van der Waals surface area contributed by atoms with Crippen LogP contribution in [0.25, 0.3) is 5.69 Å². The summed E-state index contributed by atoms with van der Waals surface area (Å²) in [7, 11) is 3.60. The molecule has 3 N–H and O–H groups in total. The SMILES string of the molecule is CC(=O)OC(CC(=O)OC1CC(Nc2cc(-n3nc(CC4CC4)c4c3CC(C)(C)CC4=O)c(F)cc2C(N)=O)CO1)CN(C)C. The number of carbonyl (C=O) groups is 4. The zero-order valence-corrected chi connectivity index (χ0v) is 26.5. The van der Waals surface area contributed by atoms with Crippen molar-refractivity contribution in [2.75, 3.05) is 32.6 Å². The monoisotopic (exact) mass is 627 g/mol. The van der Waals surface area contributed by atoms with Crippen molar-refractivity contribution >= 4 is 29.3 Å². The molecule has 1 amide bonds. The molecule has 3 aliphatic rings. The maximum absolute atomic E-state index is 15.7. The predicted molar refractivity (Wildman–Crippen MR) is 161 cm³/mol. The van der Waals surface area contributed by atoms with Gasteiger partial charge in [0.05, 0.1) is 41.6 Å². The van der Waals surface area contributed by atoms with Gasteiger partial charge in [0.15, 0.2) is 5.78 Å². The van der Waals surface area contributed by atoms with Gasteiger partial charge in [0.2, 0.25) is 6.29 Å². The normalized spacial score (nSPS) is 21.4. The van der Waals surface area contributed by atoms with Crippen LogP contribution >= 0.6 is 0 Å².